The Bertz CT molecular complexity index is 354. The maximum Gasteiger partial charge on any atom is 0.243 e. The Labute approximate surface area is 108 Å². The maximum absolute atomic E-state index is 12.3. The van der Waals surface area contributed by atoms with Crippen molar-refractivity contribution in [3.8, 4) is 0 Å². The molecule has 1 aliphatic carbocycles. The Morgan fingerprint density at radius 2 is 2.06 bits per heavy atom. The fourth-order valence-corrected chi connectivity index (χ4v) is 2.82. The van der Waals surface area contributed by atoms with Crippen LogP contribution in [0.3, 0.4) is 0 Å². The quantitative estimate of drug-likeness (QED) is 0.753. The Kier molecular flexibility index (Phi) is 3.61. The lowest BCUT2D eigenvalue weighted by Crippen LogP contribution is -2.57. The third-order valence-corrected chi connectivity index (χ3v) is 4.27. The zero-order valence-corrected chi connectivity index (χ0v) is 11.2. The highest BCUT2D eigenvalue weighted by Crippen LogP contribution is 2.39. The van der Waals surface area contributed by atoms with Crippen LogP contribution in [0, 0.1) is 5.92 Å². The molecule has 2 unspecified atom stereocenters. The fraction of sp³-hybridized carbons (Fsp3) is 0.846. The highest BCUT2D eigenvalue weighted by molar-refractivity contribution is 5.88. The van der Waals surface area contributed by atoms with Crippen molar-refractivity contribution in [3.63, 3.8) is 0 Å². The van der Waals surface area contributed by atoms with Gasteiger partial charge in [0.05, 0.1) is 5.54 Å². The summed E-state index contributed by atoms with van der Waals surface area (Å²) >= 11 is 0. The second kappa shape index (κ2) is 4.88. The van der Waals surface area contributed by atoms with Gasteiger partial charge in [0.15, 0.2) is 0 Å². The van der Waals surface area contributed by atoms with E-state index in [2.05, 4.69) is 5.32 Å². The van der Waals surface area contributed by atoms with Crippen molar-refractivity contribution >= 4 is 11.8 Å². The molecule has 0 aromatic carbocycles. The zero-order chi connectivity index (χ0) is 13.3. The van der Waals surface area contributed by atoms with Crippen LogP contribution in [0.5, 0.6) is 0 Å². The topological polar surface area (TPSA) is 75.4 Å². The minimum absolute atomic E-state index is 0.0199. The Morgan fingerprint density at radius 3 is 2.56 bits per heavy atom. The predicted molar refractivity (Wildman–Crippen MR) is 68.7 cm³/mol. The normalized spacial score (nSPS) is 26.8. The van der Waals surface area contributed by atoms with Crippen molar-refractivity contribution in [2.75, 3.05) is 13.1 Å². The van der Waals surface area contributed by atoms with Gasteiger partial charge in [0, 0.05) is 20.0 Å². The molecule has 2 rings (SSSR count). The van der Waals surface area contributed by atoms with Gasteiger partial charge in [0.1, 0.15) is 6.04 Å². The van der Waals surface area contributed by atoms with Gasteiger partial charge in [-0.05, 0) is 38.5 Å². The number of likely N-dealkylation sites (tertiary alicyclic amines) is 1. The Morgan fingerprint density at radius 1 is 1.39 bits per heavy atom. The third kappa shape index (κ3) is 2.51. The van der Waals surface area contributed by atoms with Gasteiger partial charge >= 0.3 is 0 Å². The van der Waals surface area contributed by atoms with Crippen LogP contribution in [-0.4, -0.2) is 41.4 Å². The molecule has 102 valence electrons. The lowest BCUT2D eigenvalue weighted by molar-refractivity contribution is -0.137. The first kappa shape index (κ1) is 13.3. The van der Waals surface area contributed by atoms with Gasteiger partial charge in [-0.1, -0.05) is 0 Å². The van der Waals surface area contributed by atoms with Crippen molar-refractivity contribution < 1.29 is 9.59 Å². The van der Waals surface area contributed by atoms with E-state index in [0.717, 1.165) is 25.7 Å². The van der Waals surface area contributed by atoms with Crippen molar-refractivity contribution in [1.29, 1.82) is 0 Å². The largest absolute Gasteiger partial charge is 0.348 e. The average Bonchev–Trinajstić information content (AvgIpc) is 3.06. The van der Waals surface area contributed by atoms with E-state index < -0.39 is 0 Å². The summed E-state index contributed by atoms with van der Waals surface area (Å²) in [5.74, 6) is 0.440. The number of rotatable bonds is 4. The van der Waals surface area contributed by atoms with Gasteiger partial charge in [-0.25, -0.2) is 0 Å². The van der Waals surface area contributed by atoms with Crippen LogP contribution < -0.4 is 11.1 Å². The van der Waals surface area contributed by atoms with Gasteiger partial charge in [0.25, 0.3) is 0 Å². The van der Waals surface area contributed by atoms with Crippen LogP contribution in [-0.2, 0) is 9.59 Å². The van der Waals surface area contributed by atoms with Gasteiger partial charge in [-0.15, -0.1) is 0 Å². The molecule has 5 heteroatoms. The molecule has 0 radical (unpaired) electrons. The van der Waals surface area contributed by atoms with Crippen LogP contribution in [0.1, 0.15) is 39.5 Å². The Hall–Kier alpha value is -1.10. The van der Waals surface area contributed by atoms with Crippen molar-refractivity contribution in [2.45, 2.75) is 51.1 Å². The fourth-order valence-electron chi connectivity index (χ4n) is 2.82. The number of carbonyl (C=O) groups excluding carboxylic acids is 2. The molecule has 2 amide bonds. The van der Waals surface area contributed by atoms with Gasteiger partial charge in [-0.2, -0.15) is 0 Å². The molecule has 1 heterocycles. The molecular formula is C13H23N3O2. The molecule has 0 bridgehead atoms. The summed E-state index contributed by atoms with van der Waals surface area (Å²) in [7, 11) is 0. The van der Waals surface area contributed by atoms with E-state index in [4.69, 9.17) is 5.73 Å². The second-order valence-electron chi connectivity index (χ2n) is 5.76. The number of nitrogens with zero attached hydrogens (tertiary/aromatic N) is 1. The van der Waals surface area contributed by atoms with Crippen molar-refractivity contribution in [2.24, 2.45) is 11.7 Å². The molecule has 3 N–H and O–H groups in total. The molecule has 1 aliphatic heterocycles. The summed E-state index contributed by atoms with van der Waals surface area (Å²) in [5, 5.41) is 3.07. The molecule has 1 saturated heterocycles. The number of nitrogens with one attached hydrogen (secondary N) is 1. The molecule has 2 atom stereocenters. The standard InChI is InChI=1S/C13H23N3O2/c1-9(17)16-7-3-4-11(16)12(18)15-13(2,8-14)10-5-6-10/h10-11H,3-8,14H2,1-2H3,(H,15,18). The minimum Gasteiger partial charge on any atom is -0.348 e. The summed E-state index contributed by atoms with van der Waals surface area (Å²) in [4.78, 5) is 25.4. The van der Waals surface area contributed by atoms with Crippen molar-refractivity contribution in [3.05, 3.63) is 0 Å². The molecule has 1 saturated carbocycles. The van der Waals surface area contributed by atoms with E-state index in [1.54, 1.807) is 4.90 Å². The summed E-state index contributed by atoms with van der Waals surface area (Å²) in [6.45, 7) is 4.68. The molecule has 2 aliphatic rings. The lowest BCUT2D eigenvalue weighted by atomic mass is 9.95. The summed E-state index contributed by atoms with van der Waals surface area (Å²) in [5.41, 5.74) is 5.49. The molecule has 0 spiro atoms. The monoisotopic (exact) mass is 253 g/mol. The van der Waals surface area contributed by atoms with E-state index >= 15 is 0 Å². The minimum atomic E-state index is -0.303. The SMILES string of the molecule is CC(=O)N1CCCC1C(=O)NC(C)(CN)C1CC1. The van der Waals surface area contributed by atoms with Gasteiger partial charge in [-0.3, -0.25) is 9.59 Å². The smallest absolute Gasteiger partial charge is 0.243 e. The molecule has 2 fully saturated rings. The zero-order valence-electron chi connectivity index (χ0n) is 11.2. The molecule has 18 heavy (non-hydrogen) atoms. The van der Waals surface area contributed by atoms with Gasteiger partial charge in [0.2, 0.25) is 11.8 Å². The number of hydrogen-bond acceptors (Lipinski definition) is 3. The molecule has 0 aromatic heterocycles. The van der Waals surface area contributed by atoms with E-state index in [9.17, 15) is 9.59 Å². The molecule has 5 nitrogen and oxygen atoms in total. The first-order valence-corrected chi connectivity index (χ1v) is 6.77. The maximum atomic E-state index is 12.3. The van der Waals surface area contributed by atoms with Crippen molar-refractivity contribution in [1.82, 2.24) is 10.2 Å². The average molecular weight is 253 g/mol. The van der Waals surface area contributed by atoms with Crippen LogP contribution in [0.25, 0.3) is 0 Å². The van der Waals surface area contributed by atoms with Crippen LogP contribution in [0.4, 0.5) is 0 Å². The van der Waals surface area contributed by atoms with E-state index in [0.29, 0.717) is 19.0 Å². The summed E-state index contributed by atoms with van der Waals surface area (Å²) < 4.78 is 0. The number of carbonyl (C=O) groups is 2. The highest BCUT2D eigenvalue weighted by Gasteiger charge is 2.43. The first-order valence-electron chi connectivity index (χ1n) is 6.77. The van der Waals surface area contributed by atoms with Crippen LogP contribution in [0.2, 0.25) is 0 Å². The van der Waals surface area contributed by atoms with Crippen LogP contribution in [0.15, 0.2) is 0 Å². The lowest BCUT2D eigenvalue weighted by Gasteiger charge is -2.32. The third-order valence-electron chi connectivity index (χ3n) is 4.27. The Balaban J connectivity index is 2.00. The molecule has 0 aromatic rings. The summed E-state index contributed by atoms with van der Waals surface area (Å²) in [6.07, 6.45) is 3.93. The predicted octanol–water partition coefficient (Wildman–Crippen LogP) is 0.241. The highest BCUT2D eigenvalue weighted by atomic mass is 16.2. The van der Waals surface area contributed by atoms with Gasteiger partial charge < -0.3 is 16.0 Å². The van der Waals surface area contributed by atoms with E-state index in [-0.39, 0.29) is 23.4 Å². The van der Waals surface area contributed by atoms with E-state index in [1.807, 2.05) is 6.92 Å². The molecular weight excluding hydrogens is 230 g/mol. The second-order valence-corrected chi connectivity index (χ2v) is 5.76. The van der Waals surface area contributed by atoms with Crippen LogP contribution >= 0.6 is 0 Å². The summed E-state index contributed by atoms with van der Waals surface area (Å²) in [6, 6.07) is -0.299. The number of hydrogen-bond donors (Lipinski definition) is 2. The number of nitrogens with two attached hydrogens (primary N) is 1. The first-order chi connectivity index (χ1) is 8.48. The number of amides is 2. The van der Waals surface area contributed by atoms with E-state index in [1.165, 1.54) is 6.92 Å².